The maximum atomic E-state index is 12.1. The summed E-state index contributed by atoms with van der Waals surface area (Å²) >= 11 is 5.94. The van der Waals surface area contributed by atoms with Crippen LogP contribution in [0.5, 0.6) is 5.88 Å². The SMILES string of the molecule is Cn1c2c(c(=O)c3ccc(Cl)cc31)CCO2. The predicted molar refractivity (Wildman–Crippen MR) is 63.4 cm³/mol. The minimum atomic E-state index is 0.0669. The van der Waals surface area contributed by atoms with Crippen LogP contribution in [0.1, 0.15) is 5.56 Å². The number of aromatic nitrogens is 1. The molecule has 1 aromatic carbocycles. The lowest BCUT2D eigenvalue weighted by atomic mass is 10.1. The minimum Gasteiger partial charge on any atom is -0.478 e. The number of ether oxygens (including phenoxy) is 1. The second kappa shape index (κ2) is 3.25. The van der Waals surface area contributed by atoms with Crippen molar-refractivity contribution in [2.45, 2.75) is 6.42 Å². The third kappa shape index (κ3) is 1.18. The van der Waals surface area contributed by atoms with Gasteiger partial charge in [0, 0.05) is 23.9 Å². The number of rotatable bonds is 0. The van der Waals surface area contributed by atoms with Gasteiger partial charge in [-0.15, -0.1) is 0 Å². The van der Waals surface area contributed by atoms with E-state index in [1.165, 1.54) is 0 Å². The van der Waals surface area contributed by atoms with Gasteiger partial charge >= 0.3 is 0 Å². The summed E-state index contributed by atoms with van der Waals surface area (Å²) in [5.74, 6) is 0.680. The van der Waals surface area contributed by atoms with E-state index in [0.29, 0.717) is 29.3 Å². The summed E-state index contributed by atoms with van der Waals surface area (Å²) < 4.78 is 7.37. The average Bonchev–Trinajstić information content (AvgIpc) is 2.75. The van der Waals surface area contributed by atoms with Crippen molar-refractivity contribution in [2.75, 3.05) is 6.61 Å². The van der Waals surface area contributed by atoms with Gasteiger partial charge in [0.1, 0.15) is 0 Å². The molecule has 2 heterocycles. The van der Waals surface area contributed by atoms with Gasteiger partial charge in [-0.05, 0) is 18.2 Å². The van der Waals surface area contributed by atoms with Gasteiger partial charge in [0.05, 0.1) is 17.7 Å². The molecule has 1 aliphatic rings. The standard InChI is InChI=1S/C12H10ClNO2/c1-14-10-6-7(13)2-3-8(10)11(15)9-4-5-16-12(9)14/h2-3,6H,4-5H2,1H3. The monoisotopic (exact) mass is 235 g/mol. The number of hydrogen-bond acceptors (Lipinski definition) is 2. The van der Waals surface area contributed by atoms with Gasteiger partial charge in [-0.3, -0.25) is 4.79 Å². The molecule has 3 rings (SSSR count). The number of fused-ring (bicyclic) bond motifs is 2. The molecule has 16 heavy (non-hydrogen) atoms. The van der Waals surface area contributed by atoms with E-state index in [1.54, 1.807) is 18.2 Å². The summed E-state index contributed by atoms with van der Waals surface area (Å²) in [6, 6.07) is 5.31. The van der Waals surface area contributed by atoms with Gasteiger partial charge in [-0.1, -0.05) is 11.6 Å². The fourth-order valence-electron chi connectivity index (χ4n) is 2.20. The third-order valence-corrected chi connectivity index (χ3v) is 3.23. The highest BCUT2D eigenvalue weighted by atomic mass is 35.5. The number of pyridine rings is 1. The highest BCUT2D eigenvalue weighted by Crippen LogP contribution is 2.27. The molecule has 4 heteroatoms. The Morgan fingerprint density at radius 1 is 1.44 bits per heavy atom. The van der Waals surface area contributed by atoms with Crippen LogP contribution in [0.3, 0.4) is 0 Å². The number of nitrogens with zero attached hydrogens (tertiary/aromatic N) is 1. The van der Waals surface area contributed by atoms with Crippen molar-refractivity contribution < 1.29 is 4.74 Å². The smallest absolute Gasteiger partial charge is 0.201 e. The van der Waals surface area contributed by atoms with Crippen LogP contribution in [0.15, 0.2) is 23.0 Å². The van der Waals surface area contributed by atoms with Crippen LogP contribution in [-0.2, 0) is 13.5 Å². The van der Waals surface area contributed by atoms with Crippen LogP contribution >= 0.6 is 11.6 Å². The van der Waals surface area contributed by atoms with E-state index in [-0.39, 0.29) is 5.43 Å². The molecule has 0 fully saturated rings. The summed E-state index contributed by atoms with van der Waals surface area (Å²) in [7, 11) is 1.89. The van der Waals surface area contributed by atoms with Crippen molar-refractivity contribution in [2.24, 2.45) is 7.05 Å². The first-order chi connectivity index (χ1) is 7.68. The number of aryl methyl sites for hydroxylation is 1. The molecule has 0 saturated carbocycles. The summed E-state index contributed by atoms with van der Waals surface area (Å²) in [5.41, 5.74) is 1.66. The van der Waals surface area contributed by atoms with E-state index in [4.69, 9.17) is 16.3 Å². The first kappa shape index (κ1) is 9.73. The molecule has 0 N–H and O–H groups in total. The maximum Gasteiger partial charge on any atom is 0.201 e. The van der Waals surface area contributed by atoms with E-state index < -0.39 is 0 Å². The third-order valence-electron chi connectivity index (χ3n) is 2.99. The molecular weight excluding hydrogens is 226 g/mol. The van der Waals surface area contributed by atoms with E-state index >= 15 is 0 Å². The molecule has 1 aromatic heterocycles. The molecule has 3 nitrogen and oxygen atoms in total. The Kier molecular flexibility index (Phi) is 1.98. The molecular formula is C12H10ClNO2. The Balaban J connectivity index is 2.54. The van der Waals surface area contributed by atoms with Gasteiger partial charge in [0.25, 0.3) is 0 Å². The molecule has 0 amide bonds. The van der Waals surface area contributed by atoms with Crippen molar-refractivity contribution in [3.8, 4) is 5.88 Å². The molecule has 0 atom stereocenters. The van der Waals surface area contributed by atoms with E-state index in [0.717, 1.165) is 11.1 Å². The van der Waals surface area contributed by atoms with E-state index in [2.05, 4.69) is 0 Å². The fraction of sp³-hybridized carbons (Fsp3) is 0.250. The van der Waals surface area contributed by atoms with Gasteiger partial charge in [-0.25, -0.2) is 0 Å². The minimum absolute atomic E-state index is 0.0669. The van der Waals surface area contributed by atoms with E-state index in [1.807, 2.05) is 11.6 Å². The maximum absolute atomic E-state index is 12.1. The van der Waals surface area contributed by atoms with Crippen molar-refractivity contribution in [1.29, 1.82) is 0 Å². The lowest BCUT2D eigenvalue weighted by Crippen LogP contribution is -2.12. The Bertz CT molecular complexity index is 645. The quantitative estimate of drug-likeness (QED) is 0.701. The average molecular weight is 236 g/mol. The van der Waals surface area contributed by atoms with Crippen molar-refractivity contribution in [1.82, 2.24) is 4.57 Å². The summed E-state index contributed by atoms with van der Waals surface area (Å²) in [4.78, 5) is 12.1. The molecule has 0 aliphatic carbocycles. The second-order valence-electron chi connectivity index (χ2n) is 3.93. The highest BCUT2D eigenvalue weighted by Gasteiger charge is 2.21. The zero-order valence-electron chi connectivity index (χ0n) is 8.79. The van der Waals surface area contributed by atoms with Crippen LogP contribution in [-0.4, -0.2) is 11.2 Å². The van der Waals surface area contributed by atoms with Crippen LogP contribution in [0, 0.1) is 0 Å². The number of hydrogen-bond donors (Lipinski definition) is 0. The summed E-state index contributed by atoms with van der Waals surface area (Å²) in [6.45, 7) is 0.586. The van der Waals surface area contributed by atoms with Crippen LogP contribution < -0.4 is 10.2 Å². The molecule has 2 aromatic rings. The van der Waals surface area contributed by atoms with Crippen molar-refractivity contribution in [3.05, 3.63) is 39.0 Å². The fourth-order valence-corrected chi connectivity index (χ4v) is 2.37. The first-order valence-corrected chi connectivity index (χ1v) is 5.50. The normalized spacial score (nSPS) is 13.9. The van der Waals surface area contributed by atoms with Crippen LogP contribution in [0.4, 0.5) is 0 Å². The van der Waals surface area contributed by atoms with Crippen molar-refractivity contribution in [3.63, 3.8) is 0 Å². The molecule has 0 radical (unpaired) electrons. The Labute approximate surface area is 97.2 Å². The zero-order chi connectivity index (χ0) is 11.3. The second-order valence-corrected chi connectivity index (χ2v) is 4.37. The Hall–Kier alpha value is -1.48. The summed E-state index contributed by atoms with van der Waals surface area (Å²) in [5, 5.41) is 1.33. The zero-order valence-corrected chi connectivity index (χ0v) is 9.54. The molecule has 82 valence electrons. The molecule has 1 aliphatic heterocycles. The molecule has 0 bridgehead atoms. The Morgan fingerprint density at radius 2 is 2.25 bits per heavy atom. The van der Waals surface area contributed by atoms with Gasteiger partial charge in [0.15, 0.2) is 5.43 Å². The first-order valence-electron chi connectivity index (χ1n) is 5.12. The lowest BCUT2D eigenvalue weighted by molar-refractivity contribution is 0.333. The highest BCUT2D eigenvalue weighted by molar-refractivity contribution is 6.31. The van der Waals surface area contributed by atoms with Gasteiger partial charge in [0.2, 0.25) is 5.88 Å². The molecule has 0 spiro atoms. The lowest BCUT2D eigenvalue weighted by Gasteiger charge is -2.10. The summed E-state index contributed by atoms with van der Waals surface area (Å²) in [6.07, 6.45) is 0.695. The van der Waals surface area contributed by atoms with Crippen LogP contribution in [0.25, 0.3) is 10.9 Å². The van der Waals surface area contributed by atoms with Gasteiger partial charge < -0.3 is 9.30 Å². The number of halogens is 1. The largest absolute Gasteiger partial charge is 0.478 e. The molecule has 0 saturated heterocycles. The van der Waals surface area contributed by atoms with Gasteiger partial charge in [-0.2, -0.15) is 0 Å². The Morgan fingerprint density at radius 3 is 3.06 bits per heavy atom. The van der Waals surface area contributed by atoms with E-state index in [9.17, 15) is 4.79 Å². The molecule has 0 unspecified atom stereocenters. The topological polar surface area (TPSA) is 31.2 Å². The van der Waals surface area contributed by atoms with Crippen LogP contribution in [0.2, 0.25) is 5.02 Å². The van der Waals surface area contributed by atoms with Crippen molar-refractivity contribution >= 4 is 22.5 Å². The predicted octanol–water partition coefficient (Wildman–Crippen LogP) is 2.13. The number of benzene rings is 1.